The zero-order valence-corrected chi connectivity index (χ0v) is 21.7. The van der Waals surface area contributed by atoms with Gasteiger partial charge in [0.25, 0.3) is 0 Å². The number of nitriles is 1. The number of halogens is 2. The number of nitrogens with zero attached hydrogens (tertiary/aromatic N) is 6. The molecule has 3 fully saturated rings. The van der Waals surface area contributed by atoms with Crippen LogP contribution in [0.25, 0.3) is 16.6 Å². The van der Waals surface area contributed by atoms with Gasteiger partial charge in [-0.25, -0.2) is 13.9 Å². The molecule has 1 N–H and O–H groups in total. The molecule has 3 saturated heterocycles. The van der Waals surface area contributed by atoms with Crippen LogP contribution in [-0.2, 0) is 6.54 Å². The van der Waals surface area contributed by atoms with Crippen molar-refractivity contribution in [1.82, 2.24) is 19.5 Å². The summed E-state index contributed by atoms with van der Waals surface area (Å²) in [5.74, 6) is 1.63. The number of benzene rings is 1. The van der Waals surface area contributed by atoms with Crippen molar-refractivity contribution in [2.75, 3.05) is 43.6 Å². The van der Waals surface area contributed by atoms with E-state index in [1.807, 2.05) is 36.5 Å². The molecule has 7 rings (SSSR count). The van der Waals surface area contributed by atoms with Gasteiger partial charge in [0, 0.05) is 55.6 Å². The summed E-state index contributed by atoms with van der Waals surface area (Å²) in [5, 5.41) is 17.6. The molecule has 10 heteroatoms. The molecule has 1 aromatic carbocycles. The molecule has 8 nitrogen and oxygen atoms in total. The SMILES string of the molecule is COc1ccc(CN2C3CC2CN(c2ccc(-c4cc(NCCF)cn5ncc(C#N)c45)cn2)C3)cc1Cl. The summed E-state index contributed by atoms with van der Waals surface area (Å²) in [7, 11) is 1.63. The molecule has 38 heavy (non-hydrogen) atoms. The maximum absolute atomic E-state index is 12.7. The first-order chi connectivity index (χ1) is 18.6. The van der Waals surface area contributed by atoms with Gasteiger partial charge in [-0.2, -0.15) is 10.4 Å². The summed E-state index contributed by atoms with van der Waals surface area (Å²) in [5.41, 5.74) is 4.81. The summed E-state index contributed by atoms with van der Waals surface area (Å²) in [6, 6.07) is 15.1. The molecule has 2 atom stereocenters. The highest BCUT2D eigenvalue weighted by Crippen LogP contribution is 2.37. The van der Waals surface area contributed by atoms with Crippen molar-refractivity contribution in [1.29, 1.82) is 5.26 Å². The van der Waals surface area contributed by atoms with Crippen molar-refractivity contribution in [3.63, 3.8) is 0 Å². The monoisotopic (exact) mass is 531 g/mol. The van der Waals surface area contributed by atoms with Crippen LogP contribution >= 0.6 is 11.6 Å². The Morgan fingerprint density at radius 3 is 2.71 bits per heavy atom. The van der Waals surface area contributed by atoms with Crippen molar-refractivity contribution < 1.29 is 9.13 Å². The molecular weight excluding hydrogens is 505 g/mol. The lowest BCUT2D eigenvalue weighted by Gasteiger charge is -2.56. The Kier molecular flexibility index (Phi) is 6.52. The van der Waals surface area contributed by atoms with Crippen molar-refractivity contribution in [3.8, 4) is 22.9 Å². The summed E-state index contributed by atoms with van der Waals surface area (Å²) in [4.78, 5) is 9.68. The van der Waals surface area contributed by atoms with Gasteiger partial charge in [0.05, 0.1) is 41.3 Å². The second kappa shape index (κ2) is 10.1. The minimum Gasteiger partial charge on any atom is -0.495 e. The van der Waals surface area contributed by atoms with E-state index in [0.29, 0.717) is 33.9 Å². The largest absolute Gasteiger partial charge is 0.495 e. The standard InChI is InChI=1S/C28H27ClFN7O/c1-38-26-4-2-18(8-25(26)29)14-36-22-10-23(36)17-35(16-22)27-5-3-19(12-33-27)24-9-21(32-7-6-30)15-37-28(24)20(11-31)13-34-37/h2-5,8-9,12-13,15,22-23,32H,6-7,10,14,16-17H2,1H3. The predicted molar refractivity (Wildman–Crippen MR) is 146 cm³/mol. The Labute approximate surface area is 225 Å². The van der Waals surface area contributed by atoms with E-state index >= 15 is 0 Å². The normalized spacial score (nSPS) is 18.7. The van der Waals surface area contributed by atoms with Crippen LogP contribution in [0.4, 0.5) is 15.9 Å². The average Bonchev–Trinajstić information content (AvgIpc) is 3.37. The Balaban J connectivity index is 1.19. The average molecular weight is 532 g/mol. The third kappa shape index (κ3) is 4.40. The topological polar surface area (TPSA) is 81.7 Å². The van der Waals surface area contributed by atoms with Crippen molar-refractivity contribution >= 4 is 28.6 Å². The molecule has 3 aromatic heterocycles. The third-order valence-corrected chi connectivity index (χ3v) is 7.76. The van der Waals surface area contributed by atoms with Gasteiger partial charge in [0.2, 0.25) is 0 Å². The fourth-order valence-corrected chi connectivity index (χ4v) is 5.88. The molecule has 0 aliphatic carbocycles. The van der Waals surface area contributed by atoms with Gasteiger partial charge in [-0.15, -0.1) is 0 Å². The van der Waals surface area contributed by atoms with Crippen LogP contribution in [-0.4, -0.2) is 65.0 Å². The first-order valence-corrected chi connectivity index (χ1v) is 13.0. The van der Waals surface area contributed by atoms with Crippen LogP contribution < -0.4 is 15.0 Å². The van der Waals surface area contributed by atoms with Crippen molar-refractivity contribution in [3.05, 3.63) is 71.1 Å². The highest BCUT2D eigenvalue weighted by molar-refractivity contribution is 6.32. The van der Waals surface area contributed by atoms with E-state index in [2.05, 4.69) is 32.4 Å². The Hall–Kier alpha value is -3.87. The molecule has 2 bridgehead atoms. The van der Waals surface area contributed by atoms with Gasteiger partial charge in [0.1, 0.15) is 24.3 Å². The van der Waals surface area contributed by atoms with Gasteiger partial charge >= 0.3 is 0 Å². The number of hydrogen-bond donors (Lipinski definition) is 1. The van der Waals surface area contributed by atoms with E-state index in [4.69, 9.17) is 21.3 Å². The molecule has 0 radical (unpaired) electrons. The first-order valence-electron chi connectivity index (χ1n) is 12.6. The Morgan fingerprint density at radius 2 is 2.03 bits per heavy atom. The van der Waals surface area contributed by atoms with Gasteiger partial charge in [-0.05, 0) is 42.3 Å². The van der Waals surface area contributed by atoms with Gasteiger partial charge < -0.3 is 15.0 Å². The number of anilines is 2. The molecule has 2 unspecified atom stereocenters. The number of nitrogens with one attached hydrogen (secondary N) is 1. The third-order valence-electron chi connectivity index (χ3n) is 7.46. The van der Waals surface area contributed by atoms with Crippen LogP contribution in [0.15, 0.2) is 55.0 Å². The van der Waals surface area contributed by atoms with E-state index in [-0.39, 0.29) is 6.54 Å². The maximum atomic E-state index is 12.7. The molecule has 194 valence electrons. The lowest BCUT2D eigenvalue weighted by atomic mass is 9.86. The summed E-state index contributed by atoms with van der Waals surface area (Å²) >= 11 is 6.33. The molecule has 3 aliphatic rings. The Morgan fingerprint density at radius 1 is 1.18 bits per heavy atom. The van der Waals surface area contributed by atoms with Crippen molar-refractivity contribution in [2.45, 2.75) is 25.0 Å². The summed E-state index contributed by atoms with van der Waals surface area (Å²) < 4.78 is 19.7. The van der Waals surface area contributed by atoms with Gasteiger partial charge in [-0.1, -0.05) is 17.7 Å². The minimum atomic E-state index is -0.477. The van der Waals surface area contributed by atoms with Crippen LogP contribution in [0.5, 0.6) is 5.75 Å². The fraction of sp³-hybridized carbons (Fsp3) is 0.321. The molecule has 0 amide bonds. The number of piperazine rings is 1. The zero-order valence-electron chi connectivity index (χ0n) is 20.9. The van der Waals surface area contributed by atoms with Crippen LogP contribution in [0.3, 0.4) is 0 Å². The summed E-state index contributed by atoms with van der Waals surface area (Å²) in [6.45, 7) is 2.43. The number of methoxy groups -OCH3 is 1. The van der Waals surface area contributed by atoms with E-state index in [0.717, 1.165) is 42.3 Å². The lowest BCUT2D eigenvalue weighted by molar-refractivity contribution is -0.00868. The smallest absolute Gasteiger partial charge is 0.137 e. The number of aromatic nitrogens is 3. The molecule has 3 aliphatic heterocycles. The number of fused-ring (bicyclic) bond motifs is 3. The number of alkyl halides is 1. The second-order valence-corrected chi connectivity index (χ2v) is 10.1. The maximum Gasteiger partial charge on any atom is 0.137 e. The van der Waals surface area contributed by atoms with E-state index in [1.165, 1.54) is 12.0 Å². The summed E-state index contributed by atoms with van der Waals surface area (Å²) in [6.07, 6.45) is 6.34. The lowest BCUT2D eigenvalue weighted by Crippen LogP contribution is -2.68. The predicted octanol–water partition coefficient (Wildman–Crippen LogP) is 4.77. The van der Waals surface area contributed by atoms with Crippen LogP contribution in [0, 0.1) is 11.3 Å². The van der Waals surface area contributed by atoms with Gasteiger partial charge in [-0.3, -0.25) is 4.90 Å². The number of ether oxygens (including phenoxy) is 1. The quantitative estimate of drug-likeness (QED) is 0.350. The van der Waals surface area contributed by atoms with Crippen molar-refractivity contribution in [2.24, 2.45) is 0 Å². The highest BCUT2D eigenvalue weighted by Gasteiger charge is 2.44. The fourth-order valence-electron chi connectivity index (χ4n) is 5.60. The zero-order chi connectivity index (χ0) is 26.2. The molecule has 4 aromatic rings. The molecule has 6 heterocycles. The molecule has 0 saturated carbocycles. The van der Waals surface area contributed by atoms with E-state index in [9.17, 15) is 9.65 Å². The highest BCUT2D eigenvalue weighted by atomic mass is 35.5. The number of hydrogen-bond acceptors (Lipinski definition) is 7. The Bertz CT molecular complexity index is 1500. The number of piperidine rings is 1. The minimum absolute atomic E-state index is 0.203. The number of rotatable bonds is 8. The van der Waals surface area contributed by atoms with E-state index in [1.54, 1.807) is 24.0 Å². The molecular formula is C28H27ClFN7O. The van der Waals surface area contributed by atoms with E-state index < -0.39 is 6.67 Å². The number of pyridine rings is 2. The first kappa shape index (κ1) is 24.5. The van der Waals surface area contributed by atoms with Crippen LogP contribution in [0.1, 0.15) is 17.5 Å². The second-order valence-electron chi connectivity index (χ2n) is 9.72. The van der Waals surface area contributed by atoms with Gasteiger partial charge in [0.15, 0.2) is 0 Å². The van der Waals surface area contributed by atoms with Crippen LogP contribution in [0.2, 0.25) is 5.02 Å². The molecule has 0 spiro atoms.